The van der Waals surface area contributed by atoms with Gasteiger partial charge in [-0.05, 0) is 39.0 Å². The van der Waals surface area contributed by atoms with E-state index in [1.165, 1.54) is 0 Å². The molecule has 0 radical (unpaired) electrons. The zero-order chi connectivity index (χ0) is 12.4. The Hall–Kier alpha value is -1.90. The van der Waals surface area contributed by atoms with Gasteiger partial charge in [0.05, 0.1) is 11.6 Å². The van der Waals surface area contributed by atoms with Crippen molar-refractivity contribution < 1.29 is 9.53 Å². The molecule has 0 unspecified atom stereocenters. The van der Waals surface area contributed by atoms with Crippen LogP contribution in [0.1, 0.15) is 29.9 Å². The molecule has 88 valence electrons. The Balaban J connectivity index is 2.59. The summed E-state index contributed by atoms with van der Waals surface area (Å²) in [6, 6.07) is 7.53. The highest BCUT2D eigenvalue weighted by atomic mass is 16.5. The Morgan fingerprint density at radius 2 is 1.94 bits per heavy atom. The van der Waals surface area contributed by atoms with Gasteiger partial charge in [-0.3, -0.25) is 4.79 Å². The minimum absolute atomic E-state index is 0.125. The average Bonchev–Trinajstić information content (AvgIpc) is 2.32. The minimum atomic E-state index is 0.125. The van der Waals surface area contributed by atoms with Crippen LogP contribution < -0.4 is 4.74 Å². The Labute approximate surface area is 100 Å². The van der Waals surface area contributed by atoms with E-state index in [1.807, 2.05) is 39.0 Å². The third-order valence-electron chi connectivity index (χ3n) is 2.57. The summed E-state index contributed by atoms with van der Waals surface area (Å²) in [6.07, 6.45) is 0.884. The fourth-order valence-corrected chi connectivity index (χ4v) is 1.77. The summed E-state index contributed by atoms with van der Waals surface area (Å²) in [4.78, 5) is 15.0. The second-order valence-electron chi connectivity index (χ2n) is 4.28. The molecule has 0 saturated heterocycles. The van der Waals surface area contributed by atoms with Gasteiger partial charge in [0.25, 0.3) is 0 Å². The summed E-state index contributed by atoms with van der Waals surface area (Å²) in [6.45, 7) is 5.93. The molecule has 0 atom stereocenters. The third-order valence-corrected chi connectivity index (χ3v) is 2.57. The van der Waals surface area contributed by atoms with Gasteiger partial charge in [-0.1, -0.05) is 6.07 Å². The molecule has 3 nitrogen and oxygen atoms in total. The molecule has 0 spiro atoms. The lowest BCUT2D eigenvalue weighted by Crippen LogP contribution is -2.07. The number of benzene rings is 1. The largest absolute Gasteiger partial charge is 0.491 e. The van der Waals surface area contributed by atoms with Crippen molar-refractivity contribution in [1.82, 2.24) is 4.98 Å². The highest BCUT2D eigenvalue weighted by Gasteiger charge is 2.08. The SMILES string of the molecule is Cc1c(OC(C)C)ccc2ccc(C=O)nc12. The average molecular weight is 229 g/mol. The first-order valence-corrected chi connectivity index (χ1v) is 5.64. The second-order valence-corrected chi connectivity index (χ2v) is 4.28. The topological polar surface area (TPSA) is 39.2 Å². The number of rotatable bonds is 3. The molecule has 1 aromatic carbocycles. The molecule has 2 rings (SSSR count). The van der Waals surface area contributed by atoms with Gasteiger partial charge in [0, 0.05) is 10.9 Å². The molecule has 0 amide bonds. The van der Waals surface area contributed by atoms with Crippen LogP contribution >= 0.6 is 0 Å². The Kier molecular flexibility index (Phi) is 3.09. The van der Waals surface area contributed by atoms with E-state index < -0.39 is 0 Å². The molecular weight excluding hydrogens is 214 g/mol. The van der Waals surface area contributed by atoms with Crippen molar-refractivity contribution in [3.63, 3.8) is 0 Å². The first-order valence-electron chi connectivity index (χ1n) is 5.64. The van der Waals surface area contributed by atoms with Crippen molar-refractivity contribution in [1.29, 1.82) is 0 Å². The van der Waals surface area contributed by atoms with Crippen molar-refractivity contribution in [3.8, 4) is 5.75 Å². The monoisotopic (exact) mass is 229 g/mol. The van der Waals surface area contributed by atoms with Crippen LogP contribution in [-0.2, 0) is 0 Å². The number of nitrogens with zero attached hydrogens (tertiary/aromatic N) is 1. The van der Waals surface area contributed by atoms with Gasteiger partial charge in [0.2, 0.25) is 0 Å². The number of carbonyl (C=O) groups excluding carboxylic acids is 1. The predicted molar refractivity (Wildman–Crippen MR) is 67.6 cm³/mol. The fourth-order valence-electron chi connectivity index (χ4n) is 1.77. The van der Waals surface area contributed by atoms with E-state index >= 15 is 0 Å². The van der Waals surface area contributed by atoms with Crippen molar-refractivity contribution in [2.75, 3.05) is 0 Å². The molecule has 0 aliphatic carbocycles. The fraction of sp³-hybridized carbons (Fsp3) is 0.286. The Bertz CT molecular complexity index is 561. The molecule has 2 aromatic rings. The zero-order valence-electron chi connectivity index (χ0n) is 10.2. The van der Waals surface area contributed by atoms with Crippen molar-refractivity contribution in [2.45, 2.75) is 26.9 Å². The standard InChI is InChI=1S/C14H15NO2/c1-9(2)17-13-7-5-11-4-6-12(8-16)15-14(11)10(13)3/h4-9H,1-3H3. The number of hydrogen-bond acceptors (Lipinski definition) is 3. The number of pyridine rings is 1. The summed E-state index contributed by atoms with van der Waals surface area (Å²) < 4.78 is 5.70. The lowest BCUT2D eigenvalue weighted by atomic mass is 10.1. The lowest BCUT2D eigenvalue weighted by Gasteiger charge is -2.13. The quantitative estimate of drug-likeness (QED) is 0.759. The number of hydrogen-bond donors (Lipinski definition) is 0. The minimum Gasteiger partial charge on any atom is -0.491 e. The van der Waals surface area contributed by atoms with Crippen LogP contribution in [0.2, 0.25) is 0 Å². The zero-order valence-corrected chi connectivity index (χ0v) is 10.2. The van der Waals surface area contributed by atoms with Crippen LogP contribution in [0.5, 0.6) is 5.75 Å². The Morgan fingerprint density at radius 1 is 1.24 bits per heavy atom. The second kappa shape index (κ2) is 4.53. The molecule has 0 fully saturated rings. The first kappa shape index (κ1) is 11.6. The molecule has 1 aromatic heterocycles. The van der Waals surface area contributed by atoms with E-state index in [-0.39, 0.29) is 6.10 Å². The van der Waals surface area contributed by atoms with Gasteiger partial charge in [-0.15, -0.1) is 0 Å². The number of aryl methyl sites for hydroxylation is 1. The van der Waals surface area contributed by atoms with E-state index in [0.29, 0.717) is 5.69 Å². The van der Waals surface area contributed by atoms with Gasteiger partial charge in [0.15, 0.2) is 6.29 Å². The van der Waals surface area contributed by atoms with Gasteiger partial charge >= 0.3 is 0 Å². The number of fused-ring (bicyclic) bond motifs is 1. The molecule has 1 heterocycles. The normalized spacial score (nSPS) is 10.8. The highest BCUT2D eigenvalue weighted by Crippen LogP contribution is 2.26. The van der Waals surface area contributed by atoms with E-state index in [4.69, 9.17) is 4.74 Å². The van der Waals surface area contributed by atoms with Gasteiger partial charge in [-0.25, -0.2) is 4.98 Å². The molecule has 0 aliphatic rings. The van der Waals surface area contributed by atoms with Crippen molar-refractivity contribution in [2.24, 2.45) is 0 Å². The molecule has 0 N–H and O–H groups in total. The van der Waals surface area contributed by atoms with E-state index in [1.54, 1.807) is 6.07 Å². The number of ether oxygens (including phenoxy) is 1. The van der Waals surface area contributed by atoms with E-state index in [0.717, 1.165) is 28.5 Å². The number of aromatic nitrogens is 1. The molecule has 17 heavy (non-hydrogen) atoms. The molecule has 0 bridgehead atoms. The third kappa shape index (κ3) is 2.28. The van der Waals surface area contributed by atoms with E-state index in [2.05, 4.69) is 4.98 Å². The van der Waals surface area contributed by atoms with E-state index in [9.17, 15) is 4.79 Å². The van der Waals surface area contributed by atoms with Gasteiger partial charge < -0.3 is 4.74 Å². The summed E-state index contributed by atoms with van der Waals surface area (Å²) in [5.41, 5.74) is 2.25. The smallest absolute Gasteiger partial charge is 0.168 e. The van der Waals surface area contributed by atoms with Crippen LogP contribution in [0.3, 0.4) is 0 Å². The highest BCUT2D eigenvalue weighted by molar-refractivity contribution is 5.87. The maximum Gasteiger partial charge on any atom is 0.168 e. The maximum absolute atomic E-state index is 10.7. The maximum atomic E-state index is 10.7. The first-order chi connectivity index (χ1) is 8.11. The number of aldehydes is 1. The van der Waals surface area contributed by atoms with Crippen LogP contribution in [0.15, 0.2) is 24.3 Å². The van der Waals surface area contributed by atoms with Crippen molar-refractivity contribution >= 4 is 17.2 Å². The lowest BCUT2D eigenvalue weighted by molar-refractivity contribution is 0.111. The van der Waals surface area contributed by atoms with Crippen LogP contribution in [-0.4, -0.2) is 17.4 Å². The van der Waals surface area contributed by atoms with Crippen LogP contribution in [0.25, 0.3) is 10.9 Å². The summed E-state index contributed by atoms with van der Waals surface area (Å²) in [5.74, 6) is 0.822. The predicted octanol–water partition coefficient (Wildman–Crippen LogP) is 3.14. The Morgan fingerprint density at radius 3 is 2.59 bits per heavy atom. The molecule has 3 heteroatoms. The van der Waals surface area contributed by atoms with Crippen molar-refractivity contribution in [3.05, 3.63) is 35.5 Å². The van der Waals surface area contributed by atoms with Gasteiger partial charge in [-0.2, -0.15) is 0 Å². The van der Waals surface area contributed by atoms with Gasteiger partial charge in [0.1, 0.15) is 11.4 Å². The summed E-state index contributed by atoms with van der Waals surface area (Å²) in [5, 5.41) is 1.02. The molecular formula is C14H15NO2. The molecule has 0 aliphatic heterocycles. The summed E-state index contributed by atoms with van der Waals surface area (Å²) >= 11 is 0. The summed E-state index contributed by atoms with van der Waals surface area (Å²) in [7, 11) is 0. The van der Waals surface area contributed by atoms with Crippen LogP contribution in [0.4, 0.5) is 0 Å². The van der Waals surface area contributed by atoms with Crippen LogP contribution in [0, 0.1) is 6.92 Å². The molecule has 0 saturated carbocycles. The number of carbonyl (C=O) groups is 1.